The molecule has 5 nitrogen and oxygen atoms in total. The minimum Gasteiger partial charge on any atom is -0.379 e. The smallest absolute Gasteiger partial charge is 0.268 e. The van der Waals surface area contributed by atoms with Crippen LogP contribution in [-0.2, 0) is 14.3 Å². The number of hydrogen-bond acceptors (Lipinski definition) is 5. The van der Waals surface area contributed by atoms with Crippen LogP contribution < -0.4 is 0 Å². The van der Waals surface area contributed by atoms with Crippen LogP contribution in [0.3, 0.4) is 0 Å². The Balaban J connectivity index is 1.54. The third-order valence-electron chi connectivity index (χ3n) is 5.18. The van der Waals surface area contributed by atoms with Crippen molar-refractivity contribution in [3.05, 3.63) is 70.1 Å². The van der Waals surface area contributed by atoms with Crippen molar-refractivity contribution < 1.29 is 14.3 Å². The summed E-state index contributed by atoms with van der Waals surface area (Å²) in [7, 11) is 0. The number of benzene rings is 2. The Bertz CT molecular complexity index is 941. The highest BCUT2D eigenvalue weighted by molar-refractivity contribution is 8.04. The van der Waals surface area contributed by atoms with E-state index in [0.29, 0.717) is 27.6 Å². The summed E-state index contributed by atoms with van der Waals surface area (Å²) < 4.78 is 5.38. The minimum absolute atomic E-state index is 0.221. The number of hydrogen-bond donors (Lipinski definition) is 0. The zero-order chi connectivity index (χ0) is 20.9. The summed E-state index contributed by atoms with van der Waals surface area (Å²) >= 11 is 7.37. The first-order valence-electron chi connectivity index (χ1n) is 10.0. The lowest BCUT2D eigenvalue weighted by molar-refractivity contribution is -0.136. The molecule has 0 radical (unpaired) electrons. The van der Waals surface area contributed by atoms with Crippen molar-refractivity contribution in [1.29, 1.82) is 0 Å². The molecular weight excluding hydrogens is 420 g/mol. The number of amides is 2. The van der Waals surface area contributed by atoms with Gasteiger partial charge in [-0.1, -0.05) is 53.7 Å². The molecule has 30 heavy (non-hydrogen) atoms. The van der Waals surface area contributed by atoms with Gasteiger partial charge in [-0.3, -0.25) is 19.4 Å². The van der Waals surface area contributed by atoms with E-state index in [1.807, 2.05) is 30.3 Å². The monoisotopic (exact) mass is 442 g/mol. The highest BCUT2D eigenvalue weighted by atomic mass is 35.5. The molecule has 156 valence electrons. The molecule has 7 heteroatoms. The summed E-state index contributed by atoms with van der Waals surface area (Å²) in [6.07, 6.45) is 0.745. The molecule has 1 saturated heterocycles. The van der Waals surface area contributed by atoms with E-state index < -0.39 is 0 Å². The molecule has 2 aliphatic heterocycles. The van der Waals surface area contributed by atoms with E-state index >= 15 is 0 Å². The highest BCUT2D eigenvalue weighted by Crippen LogP contribution is 2.39. The summed E-state index contributed by atoms with van der Waals surface area (Å²) in [4.78, 5) is 31.6. The van der Waals surface area contributed by atoms with E-state index in [4.69, 9.17) is 16.3 Å². The molecule has 0 aliphatic carbocycles. The van der Waals surface area contributed by atoms with Crippen molar-refractivity contribution in [2.45, 2.75) is 11.3 Å². The van der Waals surface area contributed by atoms with Crippen molar-refractivity contribution in [2.75, 3.05) is 39.4 Å². The topological polar surface area (TPSA) is 49.9 Å². The summed E-state index contributed by atoms with van der Waals surface area (Å²) in [6, 6.07) is 16.7. The van der Waals surface area contributed by atoms with Gasteiger partial charge in [-0.15, -0.1) is 0 Å². The maximum atomic E-state index is 13.3. The molecule has 1 fully saturated rings. The average molecular weight is 443 g/mol. The fraction of sp³-hybridized carbons (Fsp3) is 0.304. The van der Waals surface area contributed by atoms with Gasteiger partial charge in [-0.05, 0) is 36.2 Å². The molecule has 0 spiro atoms. The second kappa shape index (κ2) is 9.79. The van der Waals surface area contributed by atoms with Gasteiger partial charge in [0.05, 0.1) is 23.7 Å². The number of imide groups is 1. The third kappa shape index (κ3) is 4.78. The van der Waals surface area contributed by atoms with Crippen LogP contribution in [0, 0.1) is 0 Å². The van der Waals surface area contributed by atoms with Crippen LogP contribution in [0.15, 0.2) is 64.4 Å². The molecule has 0 saturated carbocycles. The lowest BCUT2D eigenvalue weighted by Gasteiger charge is -2.27. The fourth-order valence-corrected chi connectivity index (χ4v) is 4.77. The largest absolute Gasteiger partial charge is 0.379 e. The first-order chi connectivity index (χ1) is 14.6. The van der Waals surface area contributed by atoms with Crippen LogP contribution >= 0.6 is 23.4 Å². The Morgan fingerprint density at radius 2 is 1.60 bits per heavy atom. The molecule has 2 heterocycles. The predicted octanol–water partition coefficient (Wildman–Crippen LogP) is 3.93. The van der Waals surface area contributed by atoms with E-state index in [1.54, 1.807) is 24.3 Å². The zero-order valence-corrected chi connectivity index (χ0v) is 18.1. The van der Waals surface area contributed by atoms with Crippen molar-refractivity contribution >= 4 is 40.8 Å². The van der Waals surface area contributed by atoms with Crippen molar-refractivity contribution in [3.63, 3.8) is 0 Å². The van der Waals surface area contributed by atoms with Crippen LogP contribution in [0.1, 0.15) is 12.0 Å². The highest BCUT2D eigenvalue weighted by Gasteiger charge is 2.39. The van der Waals surface area contributed by atoms with Gasteiger partial charge in [0.25, 0.3) is 11.8 Å². The molecule has 2 aliphatic rings. The number of thioether (sulfide) groups is 1. The molecule has 2 amide bonds. The molecule has 0 atom stereocenters. The fourth-order valence-electron chi connectivity index (χ4n) is 3.61. The first kappa shape index (κ1) is 21.1. The van der Waals surface area contributed by atoms with E-state index in [-0.39, 0.29) is 11.8 Å². The summed E-state index contributed by atoms with van der Waals surface area (Å²) in [5.41, 5.74) is 1.17. The van der Waals surface area contributed by atoms with E-state index in [2.05, 4.69) is 4.90 Å². The van der Waals surface area contributed by atoms with Gasteiger partial charge in [0.2, 0.25) is 0 Å². The van der Waals surface area contributed by atoms with Gasteiger partial charge in [0.15, 0.2) is 0 Å². The van der Waals surface area contributed by atoms with Gasteiger partial charge in [0.1, 0.15) is 0 Å². The van der Waals surface area contributed by atoms with Crippen LogP contribution in [0.5, 0.6) is 0 Å². The number of nitrogens with zero attached hydrogens (tertiary/aromatic N) is 2. The van der Waals surface area contributed by atoms with Gasteiger partial charge >= 0.3 is 0 Å². The Morgan fingerprint density at radius 3 is 2.30 bits per heavy atom. The van der Waals surface area contributed by atoms with Crippen LogP contribution in [0.2, 0.25) is 5.02 Å². The Kier molecular flexibility index (Phi) is 6.89. The summed E-state index contributed by atoms with van der Waals surface area (Å²) in [5, 5.41) is 0.593. The van der Waals surface area contributed by atoms with Crippen LogP contribution in [0.25, 0.3) is 5.57 Å². The van der Waals surface area contributed by atoms with Crippen LogP contribution in [0.4, 0.5) is 0 Å². The third-order valence-corrected chi connectivity index (χ3v) is 6.52. The first-order valence-corrected chi connectivity index (χ1v) is 11.2. The number of halogens is 1. The molecule has 2 aromatic rings. The molecule has 0 aromatic heterocycles. The Morgan fingerprint density at radius 1 is 0.900 bits per heavy atom. The van der Waals surface area contributed by atoms with E-state index in [9.17, 15) is 9.59 Å². The molecule has 0 N–H and O–H groups in total. The van der Waals surface area contributed by atoms with Crippen molar-refractivity contribution in [3.8, 4) is 0 Å². The van der Waals surface area contributed by atoms with Gasteiger partial charge in [0, 0.05) is 36.1 Å². The maximum Gasteiger partial charge on any atom is 0.268 e. The summed E-state index contributed by atoms with van der Waals surface area (Å²) in [5.74, 6) is -0.455. The second-order valence-corrected chi connectivity index (χ2v) is 8.72. The number of carbonyl (C=O) groups excluding carboxylic acids is 2. The number of rotatable bonds is 7. The van der Waals surface area contributed by atoms with Crippen molar-refractivity contribution in [2.24, 2.45) is 0 Å². The average Bonchev–Trinajstić information content (AvgIpc) is 3.00. The SMILES string of the molecule is O=C1C(Sc2ccccc2)=C(c2ccc(Cl)cc2)C(=O)N1CCCN1CCOCC1. The number of morpholine rings is 1. The minimum atomic E-state index is -0.234. The molecule has 0 bridgehead atoms. The van der Waals surface area contributed by atoms with Crippen molar-refractivity contribution in [1.82, 2.24) is 9.80 Å². The second-order valence-electron chi connectivity index (χ2n) is 7.20. The molecule has 2 aromatic carbocycles. The Hall–Kier alpha value is -2.12. The lowest BCUT2D eigenvalue weighted by atomic mass is 10.1. The molecule has 0 unspecified atom stereocenters. The standard InChI is InChI=1S/C23H23ClN2O3S/c24-18-9-7-17(8-10-18)20-21(30-19-5-2-1-3-6-19)23(28)26(22(20)27)12-4-11-25-13-15-29-16-14-25/h1-3,5-10H,4,11-16H2. The molecule has 4 rings (SSSR count). The van der Waals surface area contributed by atoms with Gasteiger partial charge in [-0.2, -0.15) is 0 Å². The Labute approximate surface area is 185 Å². The van der Waals surface area contributed by atoms with Gasteiger partial charge in [-0.25, -0.2) is 0 Å². The normalized spacial score (nSPS) is 17.8. The van der Waals surface area contributed by atoms with E-state index in [1.165, 1.54) is 16.7 Å². The number of carbonyl (C=O) groups is 2. The van der Waals surface area contributed by atoms with Gasteiger partial charge < -0.3 is 4.74 Å². The van der Waals surface area contributed by atoms with Crippen LogP contribution in [-0.4, -0.2) is 61.0 Å². The summed E-state index contributed by atoms with van der Waals surface area (Å²) in [6.45, 7) is 4.52. The lowest BCUT2D eigenvalue weighted by Crippen LogP contribution is -2.39. The van der Waals surface area contributed by atoms with E-state index in [0.717, 1.165) is 44.2 Å². The quantitative estimate of drug-likeness (QED) is 0.608. The number of ether oxygens (including phenoxy) is 1. The maximum absolute atomic E-state index is 13.3. The molecular formula is C23H23ClN2O3S. The predicted molar refractivity (Wildman–Crippen MR) is 119 cm³/mol. The zero-order valence-electron chi connectivity index (χ0n) is 16.6.